The highest BCUT2D eigenvalue weighted by Crippen LogP contribution is 2.32. The van der Waals surface area contributed by atoms with Gasteiger partial charge in [0.2, 0.25) is 0 Å². The van der Waals surface area contributed by atoms with Crippen LogP contribution in [0.5, 0.6) is 0 Å². The van der Waals surface area contributed by atoms with E-state index in [1.807, 2.05) is 12.1 Å². The van der Waals surface area contributed by atoms with Gasteiger partial charge in [-0.05, 0) is 47.2 Å². The summed E-state index contributed by atoms with van der Waals surface area (Å²) in [5, 5.41) is 10.4. The Kier molecular flexibility index (Phi) is 7.61. The molecule has 160 valence electrons. The van der Waals surface area contributed by atoms with Crippen LogP contribution in [0.4, 0.5) is 0 Å². The summed E-state index contributed by atoms with van der Waals surface area (Å²) in [7, 11) is 0. The van der Waals surface area contributed by atoms with Crippen molar-refractivity contribution in [1.82, 2.24) is 9.88 Å². The highest BCUT2D eigenvalue weighted by molar-refractivity contribution is 5.82. The molecule has 1 aromatic heterocycles. The first kappa shape index (κ1) is 21.4. The number of ether oxygens (including phenoxy) is 1. The molecule has 1 aliphatic heterocycles. The molecule has 2 aromatic carbocycles. The second-order valence-corrected chi connectivity index (χ2v) is 8.04. The van der Waals surface area contributed by atoms with E-state index < -0.39 is 6.10 Å². The topological polar surface area (TPSA) is 45.6 Å². The first-order chi connectivity index (χ1) is 15.3. The monoisotopic (exact) mass is 414 g/mol. The van der Waals surface area contributed by atoms with Crippen LogP contribution in [0, 0.1) is 0 Å². The molecule has 0 radical (unpaired) electrons. The molecular formula is C27H30N2O2. The largest absolute Gasteiger partial charge is 0.389 e. The highest BCUT2D eigenvalue weighted by Gasteiger charge is 2.20. The Bertz CT molecular complexity index is 907. The Morgan fingerprint density at radius 3 is 2.03 bits per heavy atom. The van der Waals surface area contributed by atoms with Crippen molar-refractivity contribution in [2.45, 2.75) is 25.6 Å². The molecule has 0 amide bonds. The maximum Gasteiger partial charge on any atom is 0.0900 e. The summed E-state index contributed by atoms with van der Waals surface area (Å²) < 4.78 is 5.68. The SMILES string of the molecule is OC(COCc1ccncc1)CN1CCC(=C(c2ccccc2)c2ccccc2)CC1. The lowest BCUT2D eigenvalue weighted by Crippen LogP contribution is -2.38. The molecule has 0 spiro atoms. The third-order valence-electron chi connectivity index (χ3n) is 5.74. The number of rotatable bonds is 8. The van der Waals surface area contributed by atoms with Crippen LogP contribution in [-0.4, -0.2) is 47.3 Å². The molecule has 1 aliphatic rings. The van der Waals surface area contributed by atoms with Crippen molar-refractivity contribution < 1.29 is 9.84 Å². The number of aliphatic hydroxyl groups is 1. The average molecular weight is 415 g/mol. The summed E-state index contributed by atoms with van der Waals surface area (Å²) in [4.78, 5) is 6.35. The van der Waals surface area contributed by atoms with E-state index in [0.717, 1.165) is 31.5 Å². The fourth-order valence-electron chi connectivity index (χ4n) is 4.18. The number of aromatic nitrogens is 1. The quantitative estimate of drug-likeness (QED) is 0.587. The number of likely N-dealkylation sites (tertiary alicyclic amines) is 1. The molecule has 1 saturated heterocycles. The fraction of sp³-hybridized carbons (Fsp3) is 0.296. The molecule has 4 rings (SSSR count). The third-order valence-corrected chi connectivity index (χ3v) is 5.74. The number of pyridine rings is 1. The van der Waals surface area contributed by atoms with Gasteiger partial charge in [0.05, 0.1) is 19.3 Å². The number of benzene rings is 2. The summed E-state index contributed by atoms with van der Waals surface area (Å²) in [5.41, 5.74) is 6.49. The maximum atomic E-state index is 10.4. The zero-order valence-corrected chi connectivity index (χ0v) is 17.9. The number of nitrogens with zero attached hydrogens (tertiary/aromatic N) is 2. The average Bonchev–Trinajstić information content (AvgIpc) is 2.82. The molecule has 2 heterocycles. The van der Waals surface area contributed by atoms with Crippen LogP contribution in [0.25, 0.3) is 5.57 Å². The molecule has 31 heavy (non-hydrogen) atoms. The molecule has 4 heteroatoms. The highest BCUT2D eigenvalue weighted by atomic mass is 16.5. The molecule has 1 atom stereocenters. The molecular weight excluding hydrogens is 384 g/mol. The van der Waals surface area contributed by atoms with Gasteiger partial charge in [-0.25, -0.2) is 0 Å². The Labute approximate surface area is 184 Å². The second-order valence-electron chi connectivity index (χ2n) is 8.04. The van der Waals surface area contributed by atoms with Crippen molar-refractivity contribution in [3.8, 4) is 0 Å². The molecule has 4 nitrogen and oxygen atoms in total. The number of β-amino-alcohol motifs (C(OH)–C–C–N with tert-alkyl or cyclic N) is 1. The van der Waals surface area contributed by atoms with Gasteiger partial charge in [-0.2, -0.15) is 0 Å². The lowest BCUT2D eigenvalue weighted by molar-refractivity contribution is 0.00877. The Morgan fingerprint density at radius 1 is 0.871 bits per heavy atom. The molecule has 0 aliphatic carbocycles. The van der Waals surface area contributed by atoms with Crippen LogP contribution in [0.2, 0.25) is 0 Å². The summed E-state index contributed by atoms with van der Waals surface area (Å²) in [6.45, 7) is 3.42. The summed E-state index contributed by atoms with van der Waals surface area (Å²) in [5.74, 6) is 0. The minimum absolute atomic E-state index is 0.348. The zero-order valence-electron chi connectivity index (χ0n) is 17.9. The van der Waals surface area contributed by atoms with E-state index in [1.54, 1.807) is 12.4 Å². The second kappa shape index (κ2) is 11.0. The van der Waals surface area contributed by atoms with Crippen molar-refractivity contribution in [1.29, 1.82) is 0 Å². The van der Waals surface area contributed by atoms with E-state index in [2.05, 4.69) is 70.5 Å². The van der Waals surface area contributed by atoms with Crippen LogP contribution in [0.1, 0.15) is 29.5 Å². The maximum absolute atomic E-state index is 10.4. The molecule has 1 N–H and O–H groups in total. The van der Waals surface area contributed by atoms with Gasteiger partial charge in [0.25, 0.3) is 0 Å². The Morgan fingerprint density at radius 2 is 1.45 bits per heavy atom. The zero-order chi connectivity index (χ0) is 21.3. The minimum atomic E-state index is -0.477. The molecule has 3 aromatic rings. The van der Waals surface area contributed by atoms with E-state index >= 15 is 0 Å². The van der Waals surface area contributed by atoms with Gasteiger partial charge in [0, 0.05) is 32.0 Å². The van der Waals surface area contributed by atoms with Gasteiger partial charge in [0.1, 0.15) is 0 Å². The van der Waals surface area contributed by atoms with Crippen molar-refractivity contribution in [2.75, 3.05) is 26.2 Å². The lowest BCUT2D eigenvalue weighted by atomic mass is 9.88. The number of aliphatic hydroxyl groups excluding tert-OH is 1. The smallest absolute Gasteiger partial charge is 0.0900 e. The van der Waals surface area contributed by atoms with Crippen LogP contribution in [-0.2, 0) is 11.3 Å². The van der Waals surface area contributed by atoms with E-state index in [-0.39, 0.29) is 0 Å². The summed E-state index contributed by atoms with van der Waals surface area (Å²) in [6.07, 6.45) is 5.07. The number of piperidine rings is 1. The standard InChI is InChI=1S/C27H30N2O2/c30-26(21-31-20-22-11-15-28-16-12-22)19-29-17-13-25(14-18-29)27(23-7-3-1-4-8-23)24-9-5-2-6-10-24/h1-12,15-16,26,30H,13-14,17-21H2. The molecule has 0 saturated carbocycles. The van der Waals surface area contributed by atoms with Gasteiger partial charge < -0.3 is 14.7 Å². The first-order valence-corrected chi connectivity index (χ1v) is 11.0. The van der Waals surface area contributed by atoms with E-state index in [1.165, 1.54) is 22.3 Å². The van der Waals surface area contributed by atoms with Crippen molar-refractivity contribution >= 4 is 5.57 Å². The fourth-order valence-corrected chi connectivity index (χ4v) is 4.18. The van der Waals surface area contributed by atoms with E-state index in [4.69, 9.17) is 4.74 Å². The number of hydrogen-bond acceptors (Lipinski definition) is 4. The van der Waals surface area contributed by atoms with Crippen LogP contribution in [0.3, 0.4) is 0 Å². The van der Waals surface area contributed by atoms with Gasteiger partial charge in [-0.15, -0.1) is 0 Å². The van der Waals surface area contributed by atoms with Crippen molar-refractivity contribution in [3.05, 3.63) is 107 Å². The first-order valence-electron chi connectivity index (χ1n) is 11.0. The van der Waals surface area contributed by atoms with Crippen LogP contribution < -0.4 is 0 Å². The van der Waals surface area contributed by atoms with Gasteiger partial charge in [-0.1, -0.05) is 66.2 Å². The van der Waals surface area contributed by atoms with E-state index in [9.17, 15) is 5.11 Å². The van der Waals surface area contributed by atoms with Crippen LogP contribution in [0.15, 0.2) is 90.8 Å². The van der Waals surface area contributed by atoms with E-state index in [0.29, 0.717) is 19.8 Å². The molecule has 1 fully saturated rings. The van der Waals surface area contributed by atoms with Crippen molar-refractivity contribution in [3.63, 3.8) is 0 Å². The Hall–Kier alpha value is -2.79. The molecule has 0 bridgehead atoms. The predicted molar refractivity (Wildman–Crippen MR) is 124 cm³/mol. The van der Waals surface area contributed by atoms with Gasteiger partial charge in [-0.3, -0.25) is 4.98 Å². The predicted octanol–water partition coefficient (Wildman–Crippen LogP) is 4.56. The molecule has 1 unspecified atom stereocenters. The third kappa shape index (κ3) is 6.11. The van der Waals surface area contributed by atoms with Crippen LogP contribution >= 0.6 is 0 Å². The summed E-state index contributed by atoms with van der Waals surface area (Å²) in [6, 6.07) is 25.2. The van der Waals surface area contributed by atoms with Gasteiger partial charge in [0.15, 0.2) is 0 Å². The summed E-state index contributed by atoms with van der Waals surface area (Å²) >= 11 is 0. The number of hydrogen-bond donors (Lipinski definition) is 1. The minimum Gasteiger partial charge on any atom is -0.389 e. The normalized spacial score (nSPS) is 15.6. The lowest BCUT2D eigenvalue weighted by Gasteiger charge is -2.31. The van der Waals surface area contributed by atoms with Gasteiger partial charge >= 0.3 is 0 Å². The van der Waals surface area contributed by atoms with Crippen molar-refractivity contribution in [2.24, 2.45) is 0 Å². The Balaban J connectivity index is 1.34.